The van der Waals surface area contributed by atoms with Crippen LogP contribution >= 0.6 is 11.3 Å². The van der Waals surface area contributed by atoms with Gasteiger partial charge in [-0.3, -0.25) is 0 Å². The van der Waals surface area contributed by atoms with Crippen molar-refractivity contribution in [3.63, 3.8) is 0 Å². The van der Waals surface area contributed by atoms with Crippen LogP contribution in [0.15, 0.2) is 29.1 Å². The second kappa shape index (κ2) is 4.40. The number of hydrogen-bond donors (Lipinski definition) is 1. The Labute approximate surface area is 93.2 Å². The van der Waals surface area contributed by atoms with Crippen LogP contribution in [-0.4, -0.2) is 9.97 Å². The van der Waals surface area contributed by atoms with Crippen molar-refractivity contribution in [2.45, 2.75) is 19.9 Å². The Morgan fingerprint density at radius 1 is 1.40 bits per heavy atom. The van der Waals surface area contributed by atoms with Crippen LogP contribution in [-0.2, 0) is 0 Å². The molecule has 3 nitrogen and oxygen atoms in total. The third-order valence-electron chi connectivity index (χ3n) is 2.18. The van der Waals surface area contributed by atoms with Crippen LogP contribution in [0.5, 0.6) is 0 Å². The van der Waals surface area contributed by atoms with E-state index in [0.29, 0.717) is 0 Å². The molecule has 0 spiro atoms. The lowest BCUT2D eigenvalue weighted by Crippen LogP contribution is -2.07. The second-order valence-corrected chi connectivity index (χ2v) is 4.19. The normalized spacial score (nSPS) is 12.4. The van der Waals surface area contributed by atoms with E-state index in [0.717, 1.165) is 11.6 Å². The Kier molecular flexibility index (Phi) is 2.97. The average Bonchev–Trinajstić information content (AvgIpc) is 2.70. The smallest absolute Gasteiger partial charge is 0.130 e. The van der Waals surface area contributed by atoms with Gasteiger partial charge in [-0.15, -0.1) is 0 Å². The van der Waals surface area contributed by atoms with Crippen LogP contribution in [0.1, 0.15) is 24.4 Å². The van der Waals surface area contributed by atoms with Gasteiger partial charge in [0.05, 0.1) is 6.04 Å². The van der Waals surface area contributed by atoms with Gasteiger partial charge >= 0.3 is 0 Å². The number of hydrogen-bond acceptors (Lipinski definition) is 4. The second-order valence-electron chi connectivity index (χ2n) is 3.41. The van der Waals surface area contributed by atoms with Gasteiger partial charge in [0.15, 0.2) is 0 Å². The number of nitrogens with zero attached hydrogens (tertiary/aromatic N) is 2. The molecular weight excluding hydrogens is 206 g/mol. The zero-order chi connectivity index (χ0) is 10.7. The third kappa shape index (κ3) is 2.53. The number of thiophene rings is 1. The summed E-state index contributed by atoms with van der Waals surface area (Å²) in [4.78, 5) is 8.37. The van der Waals surface area contributed by atoms with Gasteiger partial charge in [0.1, 0.15) is 11.6 Å². The molecule has 0 aliphatic carbocycles. The monoisotopic (exact) mass is 219 g/mol. The summed E-state index contributed by atoms with van der Waals surface area (Å²) in [5.74, 6) is 1.67. The Morgan fingerprint density at radius 3 is 2.93 bits per heavy atom. The quantitative estimate of drug-likeness (QED) is 0.862. The summed E-state index contributed by atoms with van der Waals surface area (Å²) in [6.07, 6.45) is 1.77. The zero-order valence-electron chi connectivity index (χ0n) is 8.77. The first-order valence-corrected chi connectivity index (χ1v) is 5.78. The summed E-state index contributed by atoms with van der Waals surface area (Å²) >= 11 is 1.71. The van der Waals surface area contributed by atoms with Crippen molar-refractivity contribution in [2.24, 2.45) is 0 Å². The fourth-order valence-electron chi connectivity index (χ4n) is 1.36. The van der Waals surface area contributed by atoms with E-state index in [4.69, 9.17) is 0 Å². The summed E-state index contributed by atoms with van der Waals surface area (Å²) in [5, 5.41) is 7.57. The van der Waals surface area contributed by atoms with Crippen molar-refractivity contribution in [2.75, 3.05) is 5.32 Å². The summed E-state index contributed by atoms with van der Waals surface area (Å²) in [6.45, 7) is 4.01. The van der Waals surface area contributed by atoms with E-state index in [1.165, 1.54) is 5.56 Å². The molecule has 1 atom stereocenters. The molecule has 0 bridgehead atoms. The molecule has 0 saturated carbocycles. The minimum absolute atomic E-state index is 0.283. The molecule has 0 aliphatic heterocycles. The minimum Gasteiger partial charge on any atom is -0.363 e. The summed E-state index contributed by atoms with van der Waals surface area (Å²) in [6, 6.07) is 4.29. The fourth-order valence-corrected chi connectivity index (χ4v) is 2.12. The fraction of sp³-hybridized carbons (Fsp3) is 0.273. The van der Waals surface area contributed by atoms with Gasteiger partial charge in [-0.1, -0.05) is 0 Å². The van der Waals surface area contributed by atoms with Crippen molar-refractivity contribution in [3.8, 4) is 0 Å². The molecule has 0 radical (unpaired) electrons. The number of rotatable bonds is 3. The molecule has 15 heavy (non-hydrogen) atoms. The SMILES string of the molecule is Cc1nccc(NC(C)c2ccsc2)n1. The lowest BCUT2D eigenvalue weighted by molar-refractivity contribution is 0.872. The number of aryl methyl sites for hydroxylation is 1. The van der Waals surface area contributed by atoms with Gasteiger partial charge in [-0.25, -0.2) is 9.97 Å². The zero-order valence-corrected chi connectivity index (χ0v) is 9.58. The van der Waals surface area contributed by atoms with Crippen LogP contribution in [0.25, 0.3) is 0 Å². The first-order valence-electron chi connectivity index (χ1n) is 4.84. The molecule has 0 saturated heterocycles. The number of anilines is 1. The maximum atomic E-state index is 4.30. The molecule has 2 rings (SSSR count). The molecule has 0 fully saturated rings. The highest BCUT2D eigenvalue weighted by Gasteiger charge is 2.05. The predicted molar refractivity (Wildman–Crippen MR) is 63.1 cm³/mol. The Balaban J connectivity index is 2.09. The molecule has 2 aromatic heterocycles. The van der Waals surface area contributed by atoms with Crippen molar-refractivity contribution >= 4 is 17.2 Å². The third-order valence-corrected chi connectivity index (χ3v) is 2.89. The Bertz CT molecular complexity index is 425. The van der Waals surface area contributed by atoms with Crippen LogP contribution in [0.4, 0.5) is 5.82 Å². The van der Waals surface area contributed by atoms with E-state index in [-0.39, 0.29) is 6.04 Å². The van der Waals surface area contributed by atoms with Crippen LogP contribution < -0.4 is 5.32 Å². The Hall–Kier alpha value is -1.42. The van der Waals surface area contributed by atoms with E-state index < -0.39 is 0 Å². The molecule has 0 amide bonds. The van der Waals surface area contributed by atoms with Gasteiger partial charge in [-0.2, -0.15) is 11.3 Å². The maximum Gasteiger partial charge on any atom is 0.130 e. The van der Waals surface area contributed by atoms with Crippen LogP contribution in [0.3, 0.4) is 0 Å². The van der Waals surface area contributed by atoms with Crippen LogP contribution in [0, 0.1) is 6.92 Å². The minimum atomic E-state index is 0.283. The van der Waals surface area contributed by atoms with Crippen LogP contribution in [0.2, 0.25) is 0 Å². The van der Waals surface area contributed by atoms with E-state index in [1.54, 1.807) is 17.5 Å². The first-order chi connectivity index (χ1) is 7.25. The molecule has 1 N–H and O–H groups in total. The summed E-state index contributed by atoms with van der Waals surface area (Å²) < 4.78 is 0. The lowest BCUT2D eigenvalue weighted by atomic mass is 10.2. The highest BCUT2D eigenvalue weighted by atomic mass is 32.1. The van der Waals surface area contributed by atoms with Crippen molar-refractivity contribution in [1.82, 2.24) is 9.97 Å². The van der Waals surface area contributed by atoms with E-state index in [2.05, 4.69) is 39.0 Å². The van der Waals surface area contributed by atoms with E-state index >= 15 is 0 Å². The summed E-state index contributed by atoms with van der Waals surface area (Å²) in [5.41, 5.74) is 1.29. The molecule has 2 heterocycles. The molecular formula is C11H13N3S. The van der Waals surface area contributed by atoms with Gasteiger partial charge < -0.3 is 5.32 Å². The highest BCUT2D eigenvalue weighted by molar-refractivity contribution is 7.07. The number of aromatic nitrogens is 2. The van der Waals surface area contributed by atoms with Crippen molar-refractivity contribution < 1.29 is 0 Å². The molecule has 1 unspecified atom stereocenters. The van der Waals surface area contributed by atoms with Gasteiger partial charge in [-0.05, 0) is 42.3 Å². The van der Waals surface area contributed by atoms with Gasteiger partial charge in [0.2, 0.25) is 0 Å². The molecule has 0 aromatic carbocycles. The highest BCUT2D eigenvalue weighted by Crippen LogP contribution is 2.19. The predicted octanol–water partition coefficient (Wildman–Crippen LogP) is 3.02. The Morgan fingerprint density at radius 2 is 2.27 bits per heavy atom. The van der Waals surface area contributed by atoms with Gasteiger partial charge in [0, 0.05) is 6.20 Å². The summed E-state index contributed by atoms with van der Waals surface area (Å²) in [7, 11) is 0. The molecule has 0 aliphatic rings. The molecule has 2 aromatic rings. The first kappa shape index (κ1) is 10.1. The largest absolute Gasteiger partial charge is 0.363 e. The maximum absolute atomic E-state index is 4.30. The van der Waals surface area contributed by atoms with Crippen molar-refractivity contribution in [1.29, 1.82) is 0 Å². The van der Waals surface area contributed by atoms with Gasteiger partial charge in [0.25, 0.3) is 0 Å². The average molecular weight is 219 g/mol. The topological polar surface area (TPSA) is 37.8 Å². The molecule has 4 heteroatoms. The standard InChI is InChI=1S/C11H13N3S/c1-8(10-4-6-15-7-10)13-11-3-5-12-9(2)14-11/h3-8H,1-2H3,(H,12,13,14). The van der Waals surface area contributed by atoms with Crippen molar-refractivity contribution in [3.05, 3.63) is 40.5 Å². The lowest BCUT2D eigenvalue weighted by Gasteiger charge is -2.12. The van der Waals surface area contributed by atoms with E-state index in [1.807, 2.05) is 13.0 Å². The molecule has 78 valence electrons. The van der Waals surface area contributed by atoms with E-state index in [9.17, 15) is 0 Å². The number of nitrogens with one attached hydrogen (secondary N) is 1.